The maximum atomic E-state index is 13.4. The minimum atomic E-state index is -0.545. The van der Waals surface area contributed by atoms with Crippen LogP contribution in [0.3, 0.4) is 0 Å². The maximum absolute atomic E-state index is 13.4. The van der Waals surface area contributed by atoms with Gasteiger partial charge in [0.2, 0.25) is 0 Å². The van der Waals surface area contributed by atoms with Gasteiger partial charge in [0, 0.05) is 13.1 Å². The van der Waals surface area contributed by atoms with Crippen molar-refractivity contribution in [3.05, 3.63) is 34.6 Å². The highest BCUT2D eigenvalue weighted by Gasteiger charge is 2.25. The van der Waals surface area contributed by atoms with E-state index >= 15 is 0 Å². The van der Waals surface area contributed by atoms with Gasteiger partial charge in [0.15, 0.2) is 0 Å². The summed E-state index contributed by atoms with van der Waals surface area (Å²) in [5.41, 5.74) is 0.256. The van der Waals surface area contributed by atoms with E-state index in [1.54, 1.807) is 11.0 Å². The van der Waals surface area contributed by atoms with E-state index < -0.39 is 5.82 Å². The number of amides is 1. The second-order valence-corrected chi connectivity index (χ2v) is 5.30. The van der Waals surface area contributed by atoms with Crippen molar-refractivity contribution >= 4 is 29.9 Å². The molecule has 1 aliphatic heterocycles. The number of likely N-dealkylation sites (tertiary alicyclic amines) is 1. The van der Waals surface area contributed by atoms with Gasteiger partial charge in [-0.3, -0.25) is 4.79 Å². The van der Waals surface area contributed by atoms with Crippen LogP contribution in [0.5, 0.6) is 0 Å². The first kappa shape index (κ1) is 17.2. The molecule has 2 rings (SSSR count). The number of nitrogens with zero attached hydrogens (tertiary/aromatic N) is 1. The summed E-state index contributed by atoms with van der Waals surface area (Å²) in [4.78, 5) is 14.1. The smallest absolute Gasteiger partial charge is 0.255 e. The fraction of sp³-hybridized carbons (Fsp3) is 0.500. The van der Waals surface area contributed by atoms with E-state index in [-0.39, 0.29) is 28.9 Å². The molecule has 1 aromatic carbocycles. The van der Waals surface area contributed by atoms with Gasteiger partial charge in [-0.15, -0.1) is 12.4 Å². The van der Waals surface area contributed by atoms with E-state index in [9.17, 15) is 9.18 Å². The van der Waals surface area contributed by atoms with Crippen LogP contribution in [0, 0.1) is 11.7 Å². The van der Waals surface area contributed by atoms with Crippen molar-refractivity contribution in [2.75, 3.05) is 26.7 Å². The molecule has 1 aliphatic rings. The summed E-state index contributed by atoms with van der Waals surface area (Å²) < 4.78 is 13.4. The number of halogens is 3. The number of hydrogen-bond donors (Lipinski definition) is 1. The quantitative estimate of drug-likeness (QED) is 0.928. The van der Waals surface area contributed by atoms with Crippen molar-refractivity contribution in [3.8, 4) is 0 Å². The van der Waals surface area contributed by atoms with Gasteiger partial charge >= 0.3 is 0 Å². The maximum Gasteiger partial charge on any atom is 0.255 e. The lowest BCUT2D eigenvalue weighted by Gasteiger charge is -2.33. The number of nitrogens with one attached hydrogen (secondary N) is 1. The van der Waals surface area contributed by atoms with Gasteiger partial charge in [-0.2, -0.15) is 0 Å². The number of benzene rings is 1. The van der Waals surface area contributed by atoms with Gasteiger partial charge in [-0.25, -0.2) is 4.39 Å². The summed E-state index contributed by atoms with van der Waals surface area (Å²) in [5.74, 6) is -0.267. The largest absolute Gasteiger partial charge is 0.338 e. The van der Waals surface area contributed by atoms with Gasteiger partial charge in [0.1, 0.15) is 5.82 Å². The van der Waals surface area contributed by atoms with Crippen molar-refractivity contribution in [1.29, 1.82) is 0 Å². The Morgan fingerprint density at radius 1 is 1.55 bits per heavy atom. The summed E-state index contributed by atoms with van der Waals surface area (Å²) in [6.45, 7) is 2.30. The molecule has 1 saturated heterocycles. The Morgan fingerprint density at radius 3 is 3.00 bits per heavy atom. The van der Waals surface area contributed by atoms with E-state index in [1.165, 1.54) is 12.1 Å². The molecule has 1 unspecified atom stereocenters. The Bertz CT molecular complexity index is 468. The predicted octanol–water partition coefficient (Wildman–Crippen LogP) is 2.97. The summed E-state index contributed by atoms with van der Waals surface area (Å²) >= 11 is 5.87. The van der Waals surface area contributed by atoms with Crippen molar-refractivity contribution in [2.45, 2.75) is 12.8 Å². The molecule has 1 amide bonds. The van der Waals surface area contributed by atoms with E-state index in [1.807, 2.05) is 7.05 Å². The standard InChI is InChI=1S/C14H18ClFN2O.ClH/c1-17-8-10-4-3-7-18(9-10)14(19)11-5-2-6-12(16)13(11)15;/h2,5-6,10,17H,3-4,7-9H2,1H3;1H. The minimum absolute atomic E-state index is 0. The third kappa shape index (κ3) is 3.84. The number of rotatable bonds is 3. The fourth-order valence-electron chi connectivity index (χ4n) is 2.54. The second kappa shape index (κ2) is 7.81. The molecule has 3 nitrogen and oxygen atoms in total. The summed E-state index contributed by atoms with van der Waals surface area (Å²) in [5, 5.41) is 3.05. The van der Waals surface area contributed by atoms with Gasteiger partial charge in [-0.1, -0.05) is 17.7 Å². The molecule has 112 valence electrons. The topological polar surface area (TPSA) is 32.3 Å². The molecule has 20 heavy (non-hydrogen) atoms. The zero-order chi connectivity index (χ0) is 13.8. The van der Waals surface area contributed by atoms with Crippen molar-refractivity contribution in [1.82, 2.24) is 10.2 Å². The lowest BCUT2D eigenvalue weighted by molar-refractivity contribution is 0.0674. The Morgan fingerprint density at radius 2 is 2.30 bits per heavy atom. The Kier molecular flexibility index (Phi) is 6.72. The van der Waals surface area contributed by atoms with E-state index in [0.717, 1.165) is 19.4 Å². The first-order chi connectivity index (χ1) is 9.13. The van der Waals surface area contributed by atoms with Crippen LogP contribution in [-0.4, -0.2) is 37.5 Å². The SMILES string of the molecule is CNCC1CCCN(C(=O)c2cccc(F)c2Cl)C1.Cl. The first-order valence-corrected chi connectivity index (χ1v) is 6.89. The zero-order valence-corrected chi connectivity index (χ0v) is 12.9. The molecule has 0 radical (unpaired) electrons. The summed E-state index contributed by atoms with van der Waals surface area (Å²) in [6, 6.07) is 4.36. The highest BCUT2D eigenvalue weighted by molar-refractivity contribution is 6.34. The molecule has 1 heterocycles. The van der Waals surface area contributed by atoms with Crippen molar-refractivity contribution < 1.29 is 9.18 Å². The lowest BCUT2D eigenvalue weighted by Crippen LogP contribution is -2.42. The van der Waals surface area contributed by atoms with Crippen molar-refractivity contribution in [3.63, 3.8) is 0 Å². The monoisotopic (exact) mass is 320 g/mol. The van der Waals surface area contributed by atoms with Crippen LogP contribution in [0.15, 0.2) is 18.2 Å². The Labute approximate surface area is 129 Å². The average molecular weight is 321 g/mol. The molecular weight excluding hydrogens is 302 g/mol. The molecular formula is C14H19Cl2FN2O. The van der Waals surface area contributed by atoms with Crippen LogP contribution in [0.4, 0.5) is 4.39 Å². The average Bonchev–Trinajstić information content (AvgIpc) is 2.42. The zero-order valence-electron chi connectivity index (χ0n) is 11.4. The van der Waals surface area contributed by atoms with Gasteiger partial charge < -0.3 is 10.2 Å². The van der Waals surface area contributed by atoms with Crippen LogP contribution in [-0.2, 0) is 0 Å². The molecule has 0 saturated carbocycles. The van der Waals surface area contributed by atoms with Crippen LogP contribution >= 0.6 is 24.0 Å². The third-order valence-electron chi connectivity index (χ3n) is 3.48. The fourth-order valence-corrected chi connectivity index (χ4v) is 2.75. The normalized spacial score (nSPS) is 18.6. The van der Waals surface area contributed by atoms with Crippen LogP contribution in [0.1, 0.15) is 23.2 Å². The molecule has 6 heteroatoms. The van der Waals surface area contributed by atoms with Crippen LogP contribution in [0.25, 0.3) is 0 Å². The Balaban J connectivity index is 0.00000200. The van der Waals surface area contributed by atoms with Crippen LogP contribution in [0.2, 0.25) is 5.02 Å². The molecule has 0 bridgehead atoms. The van der Waals surface area contributed by atoms with Gasteiger partial charge in [-0.05, 0) is 44.5 Å². The number of piperidine rings is 1. The van der Waals surface area contributed by atoms with E-state index in [0.29, 0.717) is 19.0 Å². The van der Waals surface area contributed by atoms with Gasteiger partial charge in [0.05, 0.1) is 10.6 Å². The summed E-state index contributed by atoms with van der Waals surface area (Å²) in [6.07, 6.45) is 2.09. The number of carbonyl (C=O) groups excluding carboxylic acids is 1. The second-order valence-electron chi connectivity index (χ2n) is 4.92. The first-order valence-electron chi connectivity index (χ1n) is 6.51. The molecule has 1 fully saturated rings. The van der Waals surface area contributed by atoms with Crippen LogP contribution < -0.4 is 5.32 Å². The highest BCUT2D eigenvalue weighted by atomic mass is 35.5. The molecule has 0 aliphatic carbocycles. The highest BCUT2D eigenvalue weighted by Crippen LogP contribution is 2.24. The van der Waals surface area contributed by atoms with E-state index in [4.69, 9.17) is 11.6 Å². The van der Waals surface area contributed by atoms with E-state index in [2.05, 4.69) is 5.32 Å². The summed E-state index contributed by atoms with van der Waals surface area (Å²) in [7, 11) is 1.91. The lowest BCUT2D eigenvalue weighted by atomic mass is 9.97. The van der Waals surface area contributed by atoms with Gasteiger partial charge in [0.25, 0.3) is 5.91 Å². The molecule has 0 aromatic heterocycles. The molecule has 0 spiro atoms. The Hall–Kier alpha value is -0.840. The molecule has 1 atom stereocenters. The molecule has 1 aromatic rings. The third-order valence-corrected chi connectivity index (χ3v) is 3.87. The minimum Gasteiger partial charge on any atom is -0.338 e. The number of carbonyl (C=O) groups is 1. The van der Waals surface area contributed by atoms with Crippen molar-refractivity contribution in [2.24, 2.45) is 5.92 Å². The molecule has 1 N–H and O–H groups in total. The predicted molar refractivity (Wildman–Crippen MR) is 81.2 cm³/mol. The number of hydrogen-bond acceptors (Lipinski definition) is 2.